The molecule has 3 aliphatic heterocycles. The maximum absolute atomic E-state index is 13.0. The van der Waals surface area contributed by atoms with Gasteiger partial charge in [0.05, 0.1) is 0 Å². The van der Waals surface area contributed by atoms with Crippen LogP contribution in [0.1, 0.15) is 28.8 Å². The number of hydrogen-bond donors (Lipinski definition) is 1. The van der Waals surface area contributed by atoms with Crippen LogP contribution in [0.5, 0.6) is 11.5 Å². The van der Waals surface area contributed by atoms with Crippen LogP contribution in [-0.4, -0.2) is 73.0 Å². The van der Waals surface area contributed by atoms with Gasteiger partial charge in [-0.1, -0.05) is 0 Å². The quantitative estimate of drug-likeness (QED) is 0.807. The number of aryl methyl sites for hydroxylation is 1. The number of fused-ring (bicyclic) bond motifs is 1. The molecule has 1 aromatic rings. The highest BCUT2D eigenvalue weighted by Gasteiger charge is 2.33. The third-order valence-electron chi connectivity index (χ3n) is 5.29. The lowest BCUT2D eigenvalue weighted by molar-refractivity contribution is -0.135. The summed E-state index contributed by atoms with van der Waals surface area (Å²) >= 11 is 0. The van der Waals surface area contributed by atoms with Crippen molar-refractivity contribution in [2.24, 2.45) is 0 Å². The first kappa shape index (κ1) is 17.6. The summed E-state index contributed by atoms with van der Waals surface area (Å²) < 4.78 is 11.1. The van der Waals surface area contributed by atoms with Crippen molar-refractivity contribution in [2.45, 2.75) is 25.8 Å². The van der Waals surface area contributed by atoms with E-state index in [1.54, 1.807) is 15.9 Å². The van der Waals surface area contributed by atoms with E-state index in [1.165, 1.54) is 0 Å². The molecule has 4 rings (SSSR count). The van der Waals surface area contributed by atoms with Gasteiger partial charge < -0.3 is 24.6 Å². The van der Waals surface area contributed by atoms with Crippen LogP contribution in [0.4, 0.5) is 0 Å². The normalized spacial score (nSPS) is 21.8. The molecular weight excluding hydrogens is 350 g/mol. The Morgan fingerprint density at radius 2 is 1.67 bits per heavy atom. The molecule has 3 amide bonds. The number of benzene rings is 1. The van der Waals surface area contributed by atoms with Gasteiger partial charge in [-0.15, -0.1) is 0 Å². The average Bonchev–Trinajstić information content (AvgIpc) is 3.13. The molecule has 0 spiro atoms. The predicted octanol–water partition coefficient (Wildman–Crippen LogP) is 0.329. The monoisotopic (exact) mass is 373 g/mol. The van der Waals surface area contributed by atoms with Gasteiger partial charge in [0.2, 0.25) is 11.8 Å². The molecule has 0 aliphatic carbocycles. The summed E-state index contributed by atoms with van der Waals surface area (Å²) in [5.41, 5.74) is 1.44. The van der Waals surface area contributed by atoms with Crippen LogP contribution in [0.3, 0.4) is 0 Å². The Hall–Kier alpha value is -2.77. The van der Waals surface area contributed by atoms with Crippen molar-refractivity contribution in [2.75, 3.05) is 39.4 Å². The van der Waals surface area contributed by atoms with E-state index < -0.39 is 6.04 Å². The van der Waals surface area contributed by atoms with E-state index in [9.17, 15) is 14.4 Å². The summed E-state index contributed by atoms with van der Waals surface area (Å²) in [6.45, 7) is 4.76. The van der Waals surface area contributed by atoms with Crippen molar-refractivity contribution < 1.29 is 23.9 Å². The van der Waals surface area contributed by atoms with Gasteiger partial charge >= 0.3 is 0 Å². The Morgan fingerprint density at radius 3 is 2.30 bits per heavy atom. The molecule has 2 saturated heterocycles. The molecule has 3 heterocycles. The van der Waals surface area contributed by atoms with Gasteiger partial charge in [0, 0.05) is 38.2 Å². The van der Waals surface area contributed by atoms with E-state index in [2.05, 4.69) is 5.32 Å². The first-order valence-corrected chi connectivity index (χ1v) is 9.30. The fourth-order valence-electron chi connectivity index (χ4n) is 3.74. The summed E-state index contributed by atoms with van der Waals surface area (Å²) in [6.07, 6.45) is 0.950. The second kappa shape index (κ2) is 7.09. The van der Waals surface area contributed by atoms with Crippen molar-refractivity contribution in [3.8, 4) is 11.5 Å². The minimum atomic E-state index is -0.417. The number of nitrogens with one attached hydrogen (secondary N) is 1. The van der Waals surface area contributed by atoms with Crippen molar-refractivity contribution in [3.63, 3.8) is 0 Å². The molecule has 0 radical (unpaired) electrons. The summed E-state index contributed by atoms with van der Waals surface area (Å²) in [7, 11) is 0. The van der Waals surface area contributed by atoms with Gasteiger partial charge in [0.25, 0.3) is 5.91 Å². The van der Waals surface area contributed by atoms with Gasteiger partial charge in [-0.3, -0.25) is 14.4 Å². The van der Waals surface area contributed by atoms with Gasteiger partial charge in [0.15, 0.2) is 11.5 Å². The second-order valence-electron chi connectivity index (χ2n) is 7.09. The standard InChI is InChI=1S/C19H23N3O5/c1-12-10-15-16(27-9-8-26-15)11-13(12)18(24)21-4-6-22(7-5-21)19(25)14-2-3-17(23)20-14/h10-11,14H,2-9H2,1H3,(H,20,23). The summed E-state index contributed by atoms with van der Waals surface area (Å²) in [4.78, 5) is 40.2. The molecule has 1 N–H and O–H groups in total. The molecule has 8 nitrogen and oxygen atoms in total. The van der Waals surface area contributed by atoms with Crippen LogP contribution < -0.4 is 14.8 Å². The van der Waals surface area contributed by atoms with E-state index in [4.69, 9.17) is 9.47 Å². The summed E-state index contributed by atoms with van der Waals surface area (Å²) in [5.74, 6) is 1.08. The fourth-order valence-corrected chi connectivity index (χ4v) is 3.74. The smallest absolute Gasteiger partial charge is 0.254 e. The number of amides is 3. The lowest BCUT2D eigenvalue weighted by Gasteiger charge is -2.36. The average molecular weight is 373 g/mol. The summed E-state index contributed by atoms with van der Waals surface area (Å²) in [6, 6.07) is 3.17. The summed E-state index contributed by atoms with van der Waals surface area (Å²) in [5, 5.41) is 2.71. The zero-order valence-corrected chi connectivity index (χ0v) is 15.3. The van der Waals surface area contributed by atoms with Crippen LogP contribution in [0.15, 0.2) is 12.1 Å². The lowest BCUT2D eigenvalue weighted by atomic mass is 10.1. The number of carbonyl (C=O) groups is 3. The van der Waals surface area contributed by atoms with E-state index in [1.807, 2.05) is 13.0 Å². The third kappa shape index (κ3) is 3.43. The SMILES string of the molecule is Cc1cc2c(cc1C(=O)N1CCN(C(=O)C3CCC(=O)N3)CC1)OCCO2. The van der Waals surface area contributed by atoms with Crippen molar-refractivity contribution in [1.29, 1.82) is 0 Å². The number of piperazine rings is 1. The third-order valence-corrected chi connectivity index (χ3v) is 5.29. The number of carbonyl (C=O) groups excluding carboxylic acids is 3. The van der Waals surface area contributed by atoms with Crippen molar-refractivity contribution >= 4 is 17.7 Å². The zero-order valence-electron chi connectivity index (χ0n) is 15.3. The molecular formula is C19H23N3O5. The maximum Gasteiger partial charge on any atom is 0.254 e. The van der Waals surface area contributed by atoms with E-state index >= 15 is 0 Å². The van der Waals surface area contributed by atoms with Crippen LogP contribution >= 0.6 is 0 Å². The van der Waals surface area contributed by atoms with Crippen molar-refractivity contribution in [1.82, 2.24) is 15.1 Å². The molecule has 0 saturated carbocycles. The minimum absolute atomic E-state index is 0.0524. The van der Waals surface area contributed by atoms with Crippen LogP contribution in [0.25, 0.3) is 0 Å². The number of hydrogen-bond acceptors (Lipinski definition) is 5. The second-order valence-corrected chi connectivity index (χ2v) is 7.09. The molecule has 27 heavy (non-hydrogen) atoms. The van der Waals surface area contributed by atoms with E-state index in [0.717, 1.165) is 5.56 Å². The first-order valence-electron chi connectivity index (χ1n) is 9.30. The topological polar surface area (TPSA) is 88.2 Å². The Kier molecular flexibility index (Phi) is 4.63. The molecule has 8 heteroatoms. The fraction of sp³-hybridized carbons (Fsp3) is 0.526. The number of ether oxygens (including phenoxy) is 2. The Labute approximate surface area is 157 Å². The van der Waals surface area contributed by atoms with Crippen LogP contribution in [0.2, 0.25) is 0 Å². The van der Waals surface area contributed by atoms with Crippen LogP contribution in [-0.2, 0) is 9.59 Å². The molecule has 1 unspecified atom stereocenters. The Morgan fingerprint density at radius 1 is 1.04 bits per heavy atom. The maximum atomic E-state index is 13.0. The Balaban J connectivity index is 1.40. The molecule has 1 atom stereocenters. The molecule has 2 fully saturated rings. The molecule has 0 bridgehead atoms. The van der Waals surface area contributed by atoms with E-state index in [0.29, 0.717) is 69.3 Å². The predicted molar refractivity (Wildman–Crippen MR) is 95.8 cm³/mol. The van der Waals surface area contributed by atoms with Gasteiger partial charge in [-0.25, -0.2) is 0 Å². The first-order chi connectivity index (χ1) is 13.0. The van der Waals surface area contributed by atoms with Crippen LogP contribution in [0, 0.1) is 6.92 Å². The van der Waals surface area contributed by atoms with Gasteiger partial charge in [0.1, 0.15) is 19.3 Å². The van der Waals surface area contributed by atoms with Gasteiger partial charge in [-0.2, -0.15) is 0 Å². The highest BCUT2D eigenvalue weighted by Crippen LogP contribution is 2.33. The van der Waals surface area contributed by atoms with Crippen molar-refractivity contribution in [3.05, 3.63) is 23.3 Å². The highest BCUT2D eigenvalue weighted by atomic mass is 16.6. The van der Waals surface area contributed by atoms with Gasteiger partial charge in [-0.05, 0) is 31.0 Å². The van der Waals surface area contributed by atoms with E-state index in [-0.39, 0.29) is 17.7 Å². The molecule has 144 valence electrons. The lowest BCUT2D eigenvalue weighted by Crippen LogP contribution is -2.54. The number of rotatable bonds is 2. The minimum Gasteiger partial charge on any atom is -0.486 e. The molecule has 3 aliphatic rings. The Bertz CT molecular complexity index is 786. The molecule has 0 aromatic heterocycles. The highest BCUT2D eigenvalue weighted by molar-refractivity contribution is 5.97. The zero-order chi connectivity index (χ0) is 19.0. The number of nitrogens with zero attached hydrogens (tertiary/aromatic N) is 2. The molecule has 1 aromatic carbocycles. The largest absolute Gasteiger partial charge is 0.486 e.